The van der Waals surface area contributed by atoms with Crippen molar-refractivity contribution in [2.75, 3.05) is 27.1 Å². The van der Waals surface area contributed by atoms with Gasteiger partial charge in [0.15, 0.2) is 17.3 Å². The second-order valence-electron chi connectivity index (χ2n) is 8.78. The molecule has 0 unspecified atom stereocenters. The minimum Gasteiger partial charge on any atom is -0.460 e. The van der Waals surface area contributed by atoms with Gasteiger partial charge in [-0.1, -0.05) is 46.3 Å². The molecule has 35 heavy (non-hydrogen) atoms. The lowest BCUT2D eigenvalue weighted by Crippen LogP contribution is -2.36. The predicted molar refractivity (Wildman–Crippen MR) is 132 cm³/mol. The van der Waals surface area contributed by atoms with E-state index in [4.69, 9.17) is 18.9 Å². The summed E-state index contributed by atoms with van der Waals surface area (Å²) < 4.78 is 22.4. The monoisotopic (exact) mass is 539 g/mol. The lowest BCUT2D eigenvalue weighted by atomic mass is 9.71. The standard InChI is InChI=1S/C27H26BrNO6/c1-15-24(27(31)33-9-8-32-2)25(18-12-22-23(13-19(18)28)35-14-34-22)26-20(29-15)10-17(11-21(26)30)16-6-4-3-5-7-16/h3-7,12-13,17,25,29H,8-11,14H2,1-2H3/t17-,25+/m1/s1. The number of nitrogens with one attached hydrogen (secondary N) is 1. The van der Waals surface area contributed by atoms with Crippen molar-refractivity contribution in [3.63, 3.8) is 0 Å². The molecule has 1 aliphatic carbocycles. The molecule has 0 radical (unpaired) electrons. The second-order valence-corrected chi connectivity index (χ2v) is 9.64. The summed E-state index contributed by atoms with van der Waals surface area (Å²) in [6.45, 7) is 2.39. The summed E-state index contributed by atoms with van der Waals surface area (Å²) in [4.78, 5) is 27.0. The molecule has 3 aliphatic rings. The van der Waals surface area contributed by atoms with Gasteiger partial charge in [0.1, 0.15) is 6.61 Å². The molecule has 2 aliphatic heterocycles. The van der Waals surface area contributed by atoms with E-state index in [0.717, 1.165) is 21.3 Å². The Hall–Kier alpha value is -3.10. The number of halogens is 1. The summed E-state index contributed by atoms with van der Waals surface area (Å²) in [6, 6.07) is 13.7. The van der Waals surface area contributed by atoms with Crippen LogP contribution in [0.3, 0.4) is 0 Å². The number of ketones is 1. The van der Waals surface area contributed by atoms with Crippen molar-refractivity contribution < 1.29 is 28.5 Å². The Morgan fingerprint density at radius 1 is 1.11 bits per heavy atom. The number of rotatable bonds is 6. The van der Waals surface area contributed by atoms with Gasteiger partial charge in [-0.15, -0.1) is 0 Å². The molecule has 2 aromatic rings. The number of carbonyl (C=O) groups excluding carboxylic acids is 2. The summed E-state index contributed by atoms with van der Waals surface area (Å²) in [5, 5.41) is 3.38. The van der Waals surface area contributed by atoms with E-state index in [1.54, 1.807) is 7.11 Å². The molecule has 0 saturated carbocycles. The summed E-state index contributed by atoms with van der Waals surface area (Å²) in [5.74, 6) is 0.197. The van der Waals surface area contributed by atoms with Gasteiger partial charge in [-0.05, 0) is 42.5 Å². The van der Waals surface area contributed by atoms with E-state index in [1.165, 1.54) is 0 Å². The molecule has 0 saturated heterocycles. The van der Waals surface area contributed by atoms with E-state index in [1.807, 2.05) is 37.3 Å². The lowest BCUT2D eigenvalue weighted by molar-refractivity contribution is -0.140. The first kappa shape index (κ1) is 23.6. The highest BCUT2D eigenvalue weighted by atomic mass is 79.9. The average Bonchev–Trinajstić information content (AvgIpc) is 3.30. The summed E-state index contributed by atoms with van der Waals surface area (Å²) in [6.07, 6.45) is 1.04. The van der Waals surface area contributed by atoms with Crippen molar-refractivity contribution >= 4 is 27.7 Å². The van der Waals surface area contributed by atoms with Crippen LogP contribution in [0.1, 0.15) is 42.7 Å². The fourth-order valence-corrected chi connectivity index (χ4v) is 5.58. The van der Waals surface area contributed by atoms with Crippen LogP contribution in [-0.4, -0.2) is 38.9 Å². The number of Topliss-reactive ketones (excluding diaryl/α,β-unsaturated/α-hetero) is 1. The Balaban J connectivity index is 1.59. The van der Waals surface area contributed by atoms with Gasteiger partial charge in [0, 0.05) is 40.9 Å². The Morgan fingerprint density at radius 3 is 2.60 bits per heavy atom. The normalized spacial score (nSPS) is 21.1. The molecule has 2 heterocycles. The van der Waals surface area contributed by atoms with Crippen LogP contribution in [0.15, 0.2) is 69.5 Å². The molecule has 0 amide bonds. The first-order chi connectivity index (χ1) is 17.0. The van der Waals surface area contributed by atoms with Crippen LogP contribution < -0.4 is 14.8 Å². The van der Waals surface area contributed by atoms with E-state index < -0.39 is 11.9 Å². The van der Waals surface area contributed by atoms with Crippen molar-refractivity contribution in [2.45, 2.75) is 31.6 Å². The number of fused-ring (bicyclic) bond motifs is 1. The van der Waals surface area contributed by atoms with Gasteiger partial charge in [-0.3, -0.25) is 4.79 Å². The molecule has 8 heteroatoms. The van der Waals surface area contributed by atoms with Crippen LogP contribution >= 0.6 is 15.9 Å². The minimum absolute atomic E-state index is 0.0110. The lowest BCUT2D eigenvalue weighted by Gasteiger charge is -2.37. The molecule has 2 aromatic carbocycles. The number of benzene rings is 2. The van der Waals surface area contributed by atoms with Crippen LogP contribution in [0.2, 0.25) is 0 Å². The number of carbonyl (C=O) groups is 2. The van der Waals surface area contributed by atoms with E-state index in [-0.39, 0.29) is 31.7 Å². The molecule has 0 aromatic heterocycles. The van der Waals surface area contributed by atoms with E-state index in [9.17, 15) is 9.59 Å². The van der Waals surface area contributed by atoms with Gasteiger partial charge >= 0.3 is 5.97 Å². The predicted octanol–water partition coefficient (Wildman–Crippen LogP) is 4.73. The fraction of sp³-hybridized carbons (Fsp3) is 0.333. The number of methoxy groups -OCH3 is 1. The number of dihydropyridines is 1. The summed E-state index contributed by atoms with van der Waals surface area (Å²) in [5.41, 5.74) is 4.40. The second kappa shape index (κ2) is 9.87. The number of esters is 1. The summed E-state index contributed by atoms with van der Waals surface area (Å²) >= 11 is 3.65. The van der Waals surface area contributed by atoms with Crippen LogP contribution in [0.4, 0.5) is 0 Å². The molecular formula is C27H26BrNO6. The Kier molecular flexibility index (Phi) is 6.67. The Morgan fingerprint density at radius 2 is 1.86 bits per heavy atom. The molecule has 0 bridgehead atoms. The van der Waals surface area contributed by atoms with Gasteiger partial charge in [0.05, 0.1) is 12.2 Å². The van der Waals surface area contributed by atoms with Crippen LogP contribution in [0, 0.1) is 0 Å². The molecular weight excluding hydrogens is 514 g/mol. The van der Waals surface area contributed by atoms with Gasteiger partial charge in [-0.2, -0.15) is 0 Å². The topological polar surface area (TPSA) is 83.1 Å². The smallest absolute Gasteiger partial charge is 0.336 e. The maximum absolute atomic E-state index is 13.7. The number of allylic oxidation sites excluding steroid dienone is 3. The van der Waals surface area contributed by atoms with Crippen molar-refractivity contribution in [3.8, 4) is 11.5 Å². The molecule has 182 valence electrons. The summed E-state index contributed by atoms with van der Waals surface area (Å²) in [7, 11) is 1.55. The van der Waals surface area contributed by atoms with Gasteiger partial charge in [0.25, 0.3) is 0 Å². The number of hydrogen-bond donors (Lipinski definition) is 1. The fourth-order valence-electron chi connectivity index (χ4n) is 5.03. The highest BCUT2D eigenvalue weighted by molar-refractivity contribution is 9.10. The van der Waals surface area contributed by atoms with Crippen LogP contribution in [0.5, 0.6) is 11.5 Å². The quantitative estimate of drug-likeness (QED) is 0.419. The van der Waals surface area contributed by atoms with Crippen LogP contribution in [0.25, 0.3) is 0 Å². The highest BCUT2D eigenvalue weighted by Gasteiger charge is 2.42. The van der Waals surface area contributed by atoms with Gasteiger partial charge < -0.3 is 24.3 Å². The van der Waals surface area contributed by atoms with Crippen molar-refractivity contribution in [3.05, 3.63) is 80.6 Å². The zero-order valence-electron chi connectivity index (χ0n) is 19.6. The third-order valence-electron chi connectivity index (χ3n) is 6.64. The largest absolute Gasteiger partial charge is 0.460 e. The van der Waals surface area contributed by atoms with E-state index >= 15 is 0 Å². The SMILES string of the molecule is COCCOC(=O)C1=C(C)NC2=C(C(=O)C[C@H](c3ccccc3)C2)[C@H]1c1cc2c(cc1Br)OCO2. The molecule has 2 atom stereocenters. The Bertz CT molecular complexity index is 1240. The molecule has 1 N–H and O–H groups in total. The maximum Gasteiger partial charge on any atom is 0.336 e. The van der Waals surface area contributed by atoms with Gasteiger partial charge in [-0.25, -0.2) is 4.79 Å². The first-order valence-electron chi connectivity index (χ1n) is 11.5. The molecule has 7 nitrogen and oxygen atoms in total. The highest BCUT2D eigenvalue weighted by Crippen LogP contribution is 2.49. The van der Waals surface area contributed by atoms with Crippen molar-refractivity contribution in [2.24, 2.45) is 0 Å². The average molecular weight is 540 g/mol. The van der Waals surface area contributed by atoms with Crippen molar-refractivity contribution in [1.82, 2.24) is 5.32 Å². The number of ether oxygens (including phenoxy) is 4. The minimum atomic E-state index is -0.602. The molecule has 0 spiro atoms. The van der Waals surface area contributed by atoms with Gasteiger partial charge in [0.2, 0.25) is 6.79 Å². The molecule has 5 rings (SSSR count). The third kappa shape index (κ3) is 4.48. The van der Waals surface area contributed by atoms with E-state index in [2.05, 4.69) is 33.4 Å². The maximum atomic E-state index is 13.7. The van der Waals surface area contributed by atoms with E-state index in [0.29, 0.717) is 41.2 Å². The molecule has 0 fully saturated rings. The zero-order valence-corrected chi connectivity index (χ0v) is 21.1. The number of hydrogen-bond acceptors (Lipinski definition) is 7. The Labute approximate surface area is 212 Å². The van der Waals surface area contributed by atoms with Crippen LogP contribution in [-0.2, 0) is 19.1 Å². The third-order valence-corrected chi connectivity index (χ3v) is 7.33. The zero-order chi connectivity index (χ0) is 24.5. The first-order valence-corrected chi connectivity index (χ1v) is 12.3. The van der Waals surface area contributed by atoms with Crippen molar-refractivity contribution in [1.29, 1.82) is 0 Å².